The van der Waals surface area contributed by atoms with Crippen LogP contribution in [0.3, 0.4) is 0 Å². The van der Waals surface area contributed by atoms with Gasteiger partial charge in [-0.25, -0.2) is 0 Å². The van der Waals surface area contributed by atoms with E-state index in [1.165, 1.54) is 5.56 Å². The van der Waals surface area contributed by atoms with Crippen molar-refractivity contribution in [3.63, 3.8) is 0 Å². The molecule has 4 nitrogen and oxygen atoms in total. The highest BCUT2D eigenvalue weighted by Gasteiger charge is 2.35. The second-order valence-electron chi connectivity index (χ2n) is 5.43. The summed E-state index contributed by atoms with van der Waals surface area (Å²) in [6.07, 6.45) is 4.56. The van der Waals surface area contributed by atoms with E-state index in [0.29, 0.717) is 6.04 Å². The lowest BCUT2D eigenvalue weighted by Gasteiger charge is -2.45. The van der Waals surface area contributed by atoms with Crippen molar-refractivity contribution < 1.29 is 9.15 Å². The minimum atomic E-state index is 0.107. The highest BCUT2D eigenvalue weighted by molar-refractivity contribution is 5.10. The van der Waals surface area contributed by atoms with Gasteiger partial charge in [0.2, 0.25) is 0 Å². The Labute approximate surface area is 109 Å². The van der Waals surface area contributed by atoms with Gasteiger partial charge in [-0.15, -0.1) is 0 Å². The van der Waals surface area contributed by atoms with E-state index in [2.05, 4.69) is 24.1 Å². The van der Waals surface area contributed by atoms with Crippen LogP contribution >= 0.6 is 0 Å². The van der Waals surface area contributed by atoms with Gasteiger partial charge in [0, 0.05) is 24.7 Å². The summed E-state index contributed by atoms with van der Waals surface area (Å²) in [5.74, 6) is 0. The van der Waals surface area contributed by atoms with E-state index < -0.39 is 0 Å². The normalized spacial score (nSPS) is 19.9. The average molecular weight is 252 g/mol. The summed E-state index contributed by atoms with van der Waals surface area (Å²) < 4.78 is 10.6. The van der Waals surface area contributed by atoms with Crippen molar-refractivity contribution in [2.75, 3.05) is 33.4 Å². The van der Waals surface area contributed by atoms with Crippen LogP contribution in [0.4, 0.5) is 0 Å². The van der Waals surface area contributed by atoms with Crippen LogP contribution < -0.4 is 5.32 Å². The van der Waals surface area contributed by atoms with E-state index in [-0.39, 0.29) is 5.54 Å². The maximum atomic E-state index is 5.44. The molecular formula is C14H24N2O2. The molecule has 1 unspecified atom stereocenters. The van der Waals surface area contributed by atoms with Crippen LogP contribution in [0, 0.1) is 0 Å². The van der Waals surface area contributed by atoms with Crippen molar-refractivity contribution in [2.45, 2.75) is 31.8 Å². The summed E-state index contributed by atoms with van der Waals surface area (Å²) in [5, 5.41) is 3.45. The van der Waals surface area contributed by atoms with Gasteiger partial charge in [-0.2, -0.15) is 0 Å². The Morgan fingerprint density at radius 2 is 2.11 bits per heavy atom. The number of ether oxygens (including phenoxy) is 1. The third-order valence-corrected chi connectivity index (χ3v) is 4.05. The third kappa shape index (κ3) is 2.94. The lowest BCUT2D eigenvalue weighted by molar-refractivity contribution is -0.0223. The molecule has 0 spiro atoms. The van der Waals surface area contributed by atoms with Crippen molar-refractivity contribution in [3.8, 4) is 0 Å². The molecule has 0 aliphatic carbocycles. The molecule has 1 aliphatic rings. The van der Waals surface area contributed by atoms with Crippen LogP contribution in [0.15, 0.2) is 23.0 Å². The Morgan fingerprint density at radius 1 is 1.39 bits per heavy atom. The highest BCUT2D eigenvalue weighted by atomic mass is 16.5. The van der Waals surface area contributed by atoms with Crippen LogP contribution in [0.1, 0.15) is 19.4 Å². The minimum Gasteiger partial charge on any atom is -0.472 e. The molecule has 0 amide bonds. The maximum Gasteiger partial charge on any atom is 0.0935 e. The molecule has 0 saturated carbocycles. The Bertz CT molecular complexity index is 343. The predicted molar refractivity (Wildman–Crippen MR) is 71.7 cm³/mol. The van der Waals surface area contributed by atoms with Crippen LogP contribution in [-0.4, -0.2) is 49.8 Å². The van der Waals surface area contributed by atoms with E-state index in [1.54, 1.807) is 6.26 Å². The number of nitrogens with zero attached hydrogens (tertiary/aromatic N) is 1. The first kappa shape index (κ1) is 13.6. The van der Waals surface area contributed by atoms with Gasteiger partial charge in [0.05, 0.1) is 25.7 Å². The number of hydrogen-bond acceptors (Lipinski definition) is 4. The number of likely N-dealkylation sites (N-methyl/N-ethyl adjacent to an activating group) is 1. The zero-order valence-electron chi connectivity index (χ0n) is 11.6. The number of rotatable bonds is 5. The first-order chi connectivity index (χ1) is 8.64. The number of nitrogens with one attached hydrogen (secondary N) is 1. The van der Waals surface area contributed by atoms with Gasteiger partial charge in [0.25, 0.3) is 0 Å². The Balaban J connectivity index is 2.04. The van der Waals surface area contributed by atoms with E-state index in [0.717, 1.165) is 32.7 Å². The molecule has 1 saturated heterocycles. The van der Waals surface area contributed by atoms with Gasteiger partial charge < -0.3 is 14.5 Å². The average Bonchev–Trinajstić information content (AvgIpc) is 2.89. The molecule has 18 heavy (non-hydrogen) atoms. The summed E-state index contributed by atoms with van der Waals surface area (Å²) in [5.41, 5.74) is 1.35. The molecule has 1 N–H and O–H groups in total. The van der Waals surface area contributed by atoms with Gasteiger partial charge in [0.15, 0.2) is 0 Å². The molecule has 0 bridgehead atoms. The number of hydrogen-bond donors (Lipinski definition) is 1. The fourth-order valence-electron chi connectivity index (χ4n) is 2.71. The van der Waals surface area contributed by atoms with E-state index in [1.807, 2.05) is 19.4 Å². The Kier molecular flexibility index (Phi) is 4.43. The molecule has 1 aromatic heterocycles. The van der Waals surface area contributed by atoms with Gasteiger partial charge >= 0.3 is 0 Å². The first-order valence-electron chi connectivity index (χ1n) is 6.65. The van der Waals surface area contributed by atoms with Crippen molar-refractivity contribution in [3.05, 3.63) is 24.2 Å². The summed E-state index contributed by atoms with van der Waals surface area (Å²) in [4.78, 5) is 2.51. The van der Waals surface area contributed by atoms with E-state index >= 15 is 0 Å². The van der Waals surface area contributed by atoms with Gasteiger partial charge in [-0.1, -0.05) is 0 Å². The fourth-order valence-corrected chi connectivity index (χ4v) is 2.71. The molecule has 1 atom stereocenters. The summed E-state index contributed by atoms with van der Waals surface area (Å²) >= 11 is 0. The second kappa shape index (κ2) is 5.87. The summed E-state index contributed by atoms with van der Waals surface area (Å²) in [7, 11) is 2.03. The second-order valence-corrected chi connectivity index (χ2v) is 5.43. The maximum absolute atomic E-state index is 5.44. The summed E-state index contributed by atoms with van der Waals surface area (Å²) in [6.45, 7) is 8.31. The van der Waals surface area contributed by atoms with Gasteiger partial charge in [-0.05, 0) is 38.9 Å². The van der Waals surface area contributed by atoms with Crippen LogP contribution in [0.2, 0.25) is 0 Å². The molecule has 0 radical (unpaired) electrons. The molecule has 4 heteroatoms. The quantitative estimate of drug-likeness (QED) is 0.862. The number of furan rings is 1. The highest BCUT2D eigenvalue weighted by Crippen LogP contribution is 2.23. The molecule has 1 fully saturated rings. The molecule has 102 valence electrons. The Hall–Kier alpha value is -0.840. The molecule has 0 aromatic carbocycles. The van der Waals surface area contributed by atoms with Gasteiger partial charge in [0.1, 0.15) is 0 Å². The predicted octanol–water partition coefficient (Wildman–Crippen LogP) is 1.52. The van der Waals surface area contributed by atoms with Crippen molar-refractivity contribution in [2.24, 2.45) is 0 Å². The monoisotopic (exact) mass is 252 g/mol. The van der Waals surface area contributed by atoms with Crippen LogP contribution in [0.5, 0.6) is 0 Å². The van der Waals surface area contributed by atoms with E-state index in [9.17, 15) is 0 Å². The molecular weight excluding hydrogens is 228 g/mol. The fraction of sp³-hybridized carbons (Fsp3) is 0.714. The minimum absolute atomic E-state index is 0.107. The molecule has 2 rings (SSSR count). The molecule has 2 heterocycles. The summed E-state index contributed by atoms with van der Waals surface area (Å²) in [6, 6.07) is 2.44. The van der Waals surface area contributed by atoms with Crippen molar-refractivity contribution >= 4 is 0 Å². The molecule has 1 aromatic rings. The largest absolute Gasteiger partial charge is 0.472 e. The zero-order valence-corrected chi connectivity index (χ0v) is 11.6. The Morgan fingerprint density at radius 3 is 2.67 bits per heavy atom. The van der Waals surface area contributed by atoms with Gasteiger partial charge in [-0.3, -0.25) is 4.90 Å². The zero-order chi connectivity index (χ0) is 13.0. The smallest absolute Gasteiger partial charge is 0.0935 e. The first-order valence-corrected chi connectivity index (χ1v) is 6.65. The van der Waals surface area contributed by atoms with Crippen LogP contribution in [-0.2, 0) is 11.2 Å². The topological polar surface area (TPSA) is 37.6 Å². The lowest BCUT2D eigenvalue weighted by atomic mass is 9.88. The lowest BCUT2D eigenvalue weighted by Crippen LogP contribution is -2.60. The van der Waals surface area contributed by atoms with Crippen LogP contribution in [0.25, 0.3) is 0 Å². The van der Waals surface area contributed by atoms with Crippen molar-refractivity contribution in [1.29, 1.82) is 0 Å². The van der Waals surface area contributed by atoms with Crippen molar-refractivity contribution in [1.82, 2.24) is 10.2 Å². The van der Waals surface area contributed by atoms with E-state index in [4.69, 9.17) is 9.15 Å². The SMILES string of the molecule is CNC(Cc1ccoc1)C(C)(C)N1CCOCC1. The molecule has 1 aliphatic heterocycles. The standard InChI is InChI=1S/C14H24N2O2/c1-14(2,16-5-8-17-9-6-16)13(15-3)10-12-4-7-18-11-12/h4,7,11,13,15H,5-6,8-10H2,1-3H3. The number of morpholine rings is 1. The third-order valence-electron chi connectivity index (χ3n) is 4.05.